The first-order valence-electron chi connectivity index (χ1n) is 9.44. The molecule has 0 radical (unpaired) electrons. The molecule has 0 saturated carbocycles. The van der Waals surface area contributed by atoms with Crippen molar-refractivity contribution in [2.45, 2.75) is 0 Å². The smallest absolute Gasteiger partial charge is 0.266 e. The fourth-order valence-electron chi connectivity index (χ4n) is 3.42. The first-order valence-corrected chi connectivity index (χ1v) is 9.44. The summed E-state index contributed by atoms with van der Waals surface area (Å²) in [5.41, 5.74) is 2.30. The largest absolute Gasteiger partial charge is 0.486 e. The quantitative estimate of drug-likeness (QED) is 0.529. The molecule has 0 spiro atoms. The summed E-state index contributed by atoms with van der Waals surface area (Å²) in [5.74, 6) is 2.04. The molecule has 0 fully saturated rings. The Bertz CT molecular complexity index is 1280. The minimum Gasteiger partial charge on any atom is -0.486 e. The number of hydrogen-bond donors (Lipinski definition) is 0. The van der Waals surface area contributed by atoms with Crippen LogP contribution in [0.15, 0.2) is 77.6 Å². The molecule has 0 amide bonds. The summed E-state index contributed by atoms with van der Waals surface area (Å²) in [6.07, 6.45) is 3.78. The van der Waals surface area contributed by atoms with Crippen LogP contribution >= 0.6 is 0 Å². The number of rotatable bonds is 3. The maximum absolute atomic E-state index is 13.2. The molecule has 3 aromatic carbocycles. The van der Waals surface area contributed by atoms with Gasteiger partial charge in [0.05, 0.1) is 16.6 Å². The van der Waals surface area contributed by atoms with Crippen molar-refractivity contribution >= 4 is 23.1 Å². The number of para-hydroxylation sites is 2. The van der Waals surface area contributed by atoms with Crippen LogP contribution in [0.4, 0.5) is 0 Å². The van der Waals surface area contributed by atoms with E-state index in [1.54, 1.807) is 10.6 Å². The minimum atomic E-state index is -0.0939. The van der Waals surface area contributed by atoms with E-state index in [0.29, 0.717) is 29.9 Å². The Morgan fingerprint density at radius 3 is 2.45 bits per heavy atom. The molecule has 2 heterocycles. The Morgan fingerprint density at radius 1 is 0.828 bits per heavy atom. The normalized spacial score (nSPS) is 13.1. The van der Waals surface area contributed by atoms with Gasteiger partial charge in [0, 0.05) is 0 Å². The molecule has 0 N–H and O–H groups in total. The van der Waals surface area contributed by atoms with Gasteiger partial charge in [-0.1, -0.05) is 42.5 Å². The van der Waals surface area contributed by atoms with Crippen LogP contribution in [-0.2, 0) is 0 Å². The highest BCUT2D eigenvalue weighted by molar-refractivity contribution is 5.80. The zero-order valence-corrected chi connectivity index (χ0v) is 15.6. The van der Waals surface area contributed by atoms with E-state index in [2.05, 4.69) is 0 Å². The SMILES string of the molecule is O=c1c2ccccc2nc(/C=C/c2ccc3c(c2)OCCO3)n1-c1ccccc1. The fourth-order valence-corrected chi connectivity index (χ4v) is 3.42. The highest BCUT2D eigenvalue weighted by atomic mass is 16.6. The van der Waals surface area contributed by atoms with Crippen LogP contribution in [0.2, 0.25) is 0 Å². The van der Waals surface area contributed by atoms with Crippen LogP contribution in [0.25, 0.3) is 28.7 Å². The number of aromatic nitrogens is 2. The topological polar surface area (TPSA) is 53.4 Å². The molecular weight excluding hydrogens is 364 g/mol. The zero-order chi connectivity index (χ0) is 19.6. The molecule has 1 aromatic heterocycles. The minimum absolute atomic E-state index is 0.0939. The van der Waals surface area contributed by atoms with Gasteiger partial charge in [-0.15, -0.1) is 0 Å². The second-order valence-corrected chi connectivity index (χ2v) is 6.70. The zero-order valence-electron chi connectivity index (χ0n) is 15.6. The molecule has 5 heteroatoms. The third kappa shape index (κ3) is 3.27. The van der Waals surface area contributed by atoms with Crippen LogP contribution in [0, 0.1) is 0 Å². The van der Waals surface area contributed by atoms with E-state index in [0.717, 1.165) is 22.7 Å². The lowest BCUT2D eigenvalue weighted by Gasteiger charge is -2.18. The van der Waals surface area contributed by atoms with Gasteiger partial charge in [0.1, 0.15) is 19.0 Å². The number of hydrogen-bond acceptors (Lipinski definition) is 4. The van der Waals surface area contributed by atoms with Crippen molar-refractivity contribution in [2.24, 2.45) is 0 Å². The van der Waals surface area contributed by atoms with Gasteiger partial charge in [0.25, 0.3) is 5.56 Å². The summed E-state index contributed by atoms with van der Waals surface area (Å²) >= 11 is 0. The standard InChI is InChI=1S/C24H18N2O3/c27-24-19-8-4-5-9-20(19)25-23(26(24)18-6-2-1-3-7-18)13-11-17-10-12-21-22(16-17)29-15-14-28-21/h1-13,16H,14-15H2/b13-11+. The van der Waals surface area contributed by atoms with Gasteiger partial charge < -0.3 is 9.47 Å². The lowest BCUT2D eigenvalue weighted by Crippen LogP contribution is -2.22. The van der Waals surface area contributed by atoms with Crippen LogP contribution in [0.1, 0.15) is 11.4 Å². The Labute approximate surface area is 167 Å². The van der Waals surface area contributed by atoms with E-state index in [-0.39, 0.29) is 5.56 Å². The average molecular weight is 382 g/mol. The lowest BCUT2D eigenvalue weighted by molar-refractivity contribution is 0.171. The van der Waals surface area contributed by atoms with Crippen molar-refractivity contribution in [3.05, 3.63) is 94.5 Å². The molecule has 1 aliphatic heterocycles. The van der Waals surface area contributed by atoms with E-state index < -0.39 is 0 Å². The van der Waals surface area contributed by atoms with E-state index in [4.69, 9.17) is 14.5 Å². The summed E-state index contributed by atoms with van der Waals surface area (Å²) in [6, 6.07) is 22.7. The fraction of sp³-hybridized carbons (Fsp3) is 0.0833. The molecule has 0 atom stereocenters. The van der Waals surface area contributed by atoms with E-state index in [1.165, 1.54) is 0 Å². The average Bonchev–Trinajstić information content (AvgIpc) is 2.78. The second-order valence-electron chi connectivity index (χ2n) is 6.70. The van der Waals surface area contributed by atoms with Gasteiger partial charge in [0.2, 0.25) is 0 Å². The van der Waals surface area contributed by atoms with Crippen molar-refractivity contribution in [3.63, 3.8) is 0 Å². The van der Waals surface area contributed by atoms with Crippen molar-refractivity contribution in [1.29, 1.82) is 0 Å². The van der Waals surface area contributed by atoms with Gasteiger partial charge in [-0.3, -0.25) is 9.36 Å². The molecule has 5 nitrogen and oxygen atoms in total. The van der Waals surface area contributed by atoms with Crippen LogP contribution in [0.5, 0.6) is 11.5 Å². The Hall–Kier alpha value is -3.86. The summed E-state index contributed by atoms with van der Waals surface area (Å²) in [6.45, 7) is 1.10. The van der Waals surface area contributed by atoms with E-state index >= 15 is 0 Å². The number of benzene rings is 3. The van der Waals surface area contributed by atoms with Crippen LogP contribution < -0.4 is 15.0 Å². The second kappa shape index (κ2) is 7.28. The van der Waals surface area contributed by atoms with E-state index in [1.807, 2.05) is 78.9 Å². The van der Waals surface area contributed by atoms with E-state index in [9.17, 15) is 4.79 Å². The molecule has 29 heavy (non-hydrogen) atoms. The summed E-state index contributed by atoms with van der Waals surface area (Å²) < 4.78 is 12.9. The van der Waals surface area contributed by atoms with Gasteiger partial charge in [0.15, 0.2) is 11.5 Å². The number of nitrogens with zero attached hydrogens (tertiary/aromatic N) is 2. The summed E-state index contributed by atoms with van der Waals surface area (Å²) in [5, 5.41) is 0.591. The summed E-state index contributed by atoms with van der Waals surface area (Å²) in [4.78, 5) is 17.9. The number of ether oxygens (including phenoxy) is 2. The third-order valence-corrected chi connectivity index (χ3v) is 4.81. The Balaban J connectivity index is 1.64. The highest BCUT2D eigenvalue weighted by Crippen LogP contribution is 2.31. The maximum Gasteiger partial charge on any atom is 0.266 e. The first-order chi connectivity index (χ1) is 14.3. The van der Waals surface area contributed by atoms with Crippen molar-refractivity contribution in [1.82, 2.24) is 9.55 Å². The van der Waals surface area contributed by atoms with Gasteiger partial charge in [-0.25, -0.2) is 4.98 Å². The van der Waals surface area contributed by atoms with Crippen molar-refractivity contribution in [3.8, 4) is 17.2 Å². The van der Waals surface area contributed by atoms with Crippen LogP contribution in [-0.4, -0.2) is 22.8 Å². The van der Waals surface area contributed by atoms with Gasteiger partial charge in [-0.05, 0) is 48.0 Å². The molecule has 1 aliphatic rings. The highest BCUT2D eigenvalue weighted by Gasteiger charge is 2.12. The third-order valence-electron chi connectivity index (χ3n) is 4.81. The van der Waals surface area contributed by atoms with Crippen molar-refractivity contribution < 1.29 is 9.47 Å². The van der Waals surface area contributed by atoms with Crippen molar-refractivity contribution in [2.75, 3.05) is 13.2 Å². The maximum atomic E-state index is 13.2. The predicted octanol–water partition coefficient (Wildman–Crippen LogP) is 4.33. The monoisotopic (exact) mass is 382 g/mol. The number of fused-ring (bicyclic) bond motifs is 2. The molecule has 5 rings (SSSR count). The molecule has 0 bridgehead atoms. The Kier molecular flexibility index (Phi) is 4.33. The predicted molar refractivity (Wildman–Crippen MR) is 114 cm³/mol. The molecule has 0 aliphatic carbocycles. The summed E-state index contributed by atoms with van der Waals surface area (Å²) in [7, 11) is 0. The molecule has 0 saturated heterocycles. The first kappa shape index (κ1) is 17.3. The molecule has 142 valence electrons. The lowest BCUT2D eigenvalue weighted by atomic mass is 10.1. The van der Waals surface area contributed by atoms with Gasteiger partial charge >= 0.3 is 0 Å². The molecule has 0 unspecified atom stereocenters. The molecule has 4 aromatic rings. The molecular formula is C24H18N2O3. The Morgan fingerprint density at radius 2 is 1.59 bits per heavy atom. The van der Waals surface area contributed by atoms with Crippen LogP contribution in [0.3, 0.4) is 0 Å². The van der Waals surface area contributed by atoms with Gasteiger partial charge in [-0.2, -0.15) is 0 Å².